The van der Waals surface area contributed by atoms with E-state index in [1.807, 2.05) is 24.3 Å². The molecule has 2 aromatic heterocycles. The summed E-state index contributed by atoms with van der Waals surface area (Å²) in [5.74, 6) is 1.64. The maximum Gasteiger partial charge on any atom is 0.278 e. The van der Waals surface area contributed by atoms with Crippen molar-refractivity contribution in [2.45, 2.75) is 31.6 Å². The third-order valence-corrected chi connectivity index (χ3v) is 5.51. The Balaban J connectivity index is 1.42. The summed E-state index contributed by atoms with van der Waals surface area (Å²) < 4.78 is 11.0. The van der Waals surface area contributed by atoms with Gasteiger partial charge in [0.25, 0.3) is 5.91 Å². The highest BCUT2D eigenvalue weighted by molar-refractivity contribution is 6.04. The van der Waals surface area contributed by atoms with Gasteiger partial charge in [-0.15, -0.1) is 0 Å². The Morgan fingerprint density at radius 2 is 1.76 bits per heavy atom. The van der Waals surface area contributed by atoms with Crippen LogP contribution in [0.4, 0.5) is 11.6 Å². The van der Waals surface area contributed by atoms with Gasteiger partial charge in [0.15, 0.2) is 23.2 Å². The predicted octanol–water partition coefficient (Wildman–Crippen LogP) is 3.36. The number of amides is 1. The monoisotopic (exact) mass is 393 g/mol. The molecule has 29 heavy (non-hydrogen) atoms. The second kappa shape index (κ2) is 7.79. The highest BCUT2D eigenvalue weighted by atomic mass is 16.5. The highest BCUT2D eigenvalue weighted by Crippen LogP contribution is 2.29. The fourth-order valence-corrected chi connectivity index (χ4v) is 3.92. The number of ether oxygens (including phenoxy) is 1. The molecule has 2 saturated heterocycles. The predicted molar refractivity (Wildman–Crippen MR) is 108 cm³/mol. The van der Waals surface area contributed by atoms with Crippen molar-refractivity contribution in [2.75, 3.05) is 36.5 Å². The van der Waals surface area contributed by atoms with Crippen LogP contribution in [0.15, 0.2) is 34.9 Å². The molecule has 8 nitrogen and oxygen atoms in total. The van der Waals surface area contributed by atoms with Crippen LogP contribution < -0.4 is 10.2 Å². The van der Waals surface area contributed by atoms with E-state index in [1.165, 1.54) is 6.26 Å². The number of nitrogens with one attached hydrogen (secondary N) is 1. The number of carbonyl (C=O) groups excluding carboxylic acids is 1. The zero-order valence-electron chi connectivity index (χ0n) is 16.1. The minimum atomic E-state index is -0.336. The molecule has 5 rings (SSSR count). The molecule has 3 aromatic rings. The Morgan fingerprint density at radius 1 is 1.03 bits per heavy atom. The van der Waals surface area contributed by atoms with Gasteiger partial charge in [-0.25, -0.2) is 15.0 Å². The zero-order chi connectivity index (χ0) is 19.6. The van der Waals surface area contributed by atoms with E-state index in [4.69, 9.17) is 14.1 Å². The molecule has 0 unspecified atom stereocenters. The molecule has 2 aliphatic heterocycles. The minimum absolute atomic E-state index is 0.200. The molecule has 4 heterocycles. The Bertz CT molecular complexity index is 1020. The zero-order valence-corrected chi connectivity index (χ0v) is 16.1. The standard InChI is InChI=1S/C21H23N5O3/c27-20(17-13-29-21(24-17)14-7-11-28-12-8-14)25-18-19(26-9-3-4-10-26)23-16-6-2-1-5-15(16)22-18/h1-2,5-6,13-14H,3-4,7-12H2,(H,22,25,27). The number of rotatable bonds is 4. The Hall–Kier alpha value is -3.00. The average Bonchev–Trinajstić information content (AvgIpc) is 3.46. The van der Waals surface area contributed by atoms with Crippen LogP contribution in [0.1, 0.15) is 48.0 Å². The van der Waals surface area contributed by atoms with Gasteiger partial charge in [-0.05, 0) is 37.8 Å². The normalized spacial score (nSPS) is 17.7. The summed E-state index contributed by atoms with van der Waals surface area (Å²) in [5.41, 5.74) is 1.82. The van der Waals surface area contributed by atoms with Crippen LogP contribution in [-0.4, -0.2) is 47.2 Å². The lowest BCUT2D eigenvalue weighted by atomic mass is 10.0. The molecule has 0 bridgehead atoms. The Morgan fingerprint density at radius 3 is 2.52 bits per heavy atom. The summed E-state index contributed by atoms with van der Waals surface area (Å²) in [7, 11) is 0. The second-order valence-electron chi connectivity index (χ2n) is 7.49. The number of anilines is 2. The third kappa shape index (κ3) is 3.67. The summed E-state index contributed by atoms with van der Waals surface area (Å²) in [4.78, 5) is 28.9. The van der Waals surface area contributed by atoms with Crippen molar-refractivity contribution in [2.24, 2.45) is 0 Å². The number of para-hydroxylation sites is 2. The van der Waals surface area contributed by atoms with E-state index in [-0.39, 0.29) is 17.5 Å². The van der Waals surface area contributed by atoms with Crippen LogP contribution in [0, 0.1) is 0 Å². The van der Waals surface area contributed by atoms with Gasteiger partial charge in [-0.2, -0.15) is 0 Å². The molecule has 0 saturated carbocycles. The minimum Gasteiger partial charge on any atom is -0.448 e. The lowest BCUT2D eigenvalue weighted by Crippen LogP contribution is -2.23. The van der Waals surface area contributed by atoms with Crippen molar-refractivity contribution in [3.05, 3.63) is 42.1 Å². The number of aromatic nitrogens is 3. The second-order valence-corrected chi connectivity index (χ2v) is 7.49. The molecule has 8 heteroatoms. The number of oxazole rings is 1. The summed E-state index contributed by atoms with van der Waals surface area (Å²) in [6.45, 7) is 3.21. The van der Waals surface area contributed by atoms with Gasteiger partial charge in [-0.1, -0.05) is 12.1 Å². The molecule has 2 fully saturated rings. The van der Waals surface area contributed by atoms with Gasteiger partial charge < -0.3 is 19.4 Å². The van der Waals surface area contributed by atoms with Crippen molar-refractivity contribution in [1.29, 1.82) is 0 Å². The molecule has 0 spiro atoms. The molecule has 2 aliphatic rings. The maximum atomic E-state index is 12.9. The molecule has 0 radical (unpaired) electrons. The van der Waals surface area contributed by atoms with Crippen LogP contribution in [-0.2, 0) is 4.74 Å². The topological polar surface area (TPSA) is 93.4 Å². The van der Waals surface area contributed by atoms with E-state index in [0.29, 0.717) is 30.7 Å². The number of hydrogen-bond acceptors (Lipinski definition) is 7. The van der Waals surface area contributed by atoms with Gasteiger partial charge in [0.2, 0.25) is 0 Å². The first kappa shape index (κ1) is 18.1. The SMILES string of the molecule is O=C(Nc1nc2ccccc2nc1N1CCCC1)c1coc(C2CCOCC2)n1. The van der Waals surface area contributed by atoms with Gasteiger partial charge in [-0.3, -0.25) is 4.79 Å². The van der Waals surface area contributed by atoms with Crippen molar-refractivity contribution >= 4 is 28.6 Å². The lowest BCUT2D eigenvalue weighted by molar-refractivity contribution is 0.0794. The number of benzene rings is 1. The molecule has 0 atom stereocenters. The summed E-state index contributed by atoms with van der Waals surface area (Å²) in [5, 5.41) is 2.91. The van der Waals surface area contributed by atoms with Gasteiger partial charge in [0.05, 0.1) is 11.0 Å². The van der Waals surface area contributed by atoms with Crippen LogP contribution in [0.5, 0.6) is 0 Å². The molecular formula is C21H23N5O3. The van der Waals surface area contributed by atoms with Crippen molar-refractivity contribution < 1.29 is 13.9 Å². The molecule has 1 N–H and O–H groups in total. The van der Waals surface area contributed by atoms with E-state index < -0.39 is 0 Å². The number of fused-ring (bicyclic) bond motifs is 1. The molecular weight excluding hydrogens is 370 g/mol. The summed E-state index contributed by atoms with van der Waals surface area (Å²) >= 11 is 0. The molecule has 150 valence electrons. The van der Waals surface area contributed by atoms with Crippen molar-refractivity contribution in [3.63, 3.8) is 0 Å². The van der Waals surface area contributed by atoms with Crippen molar-refractivity contribution in [3.8, 4) is 0 Å². The van der Waals surface area contributed by atoms with Gasteiger partial charge >= 0.3 is 0 Å². The van der Waals surface area contributed by atoms with Gasteiger partial charge in [0, 0.05) is 32.2 Å². The quantitative estimate of drug-likeness (QED) is 0.726. The van der Waals surface area contributed by atoms with Crippen LogP contribution in [0.2, 0.25) is 0 Å². The number of hydrogen-bond donors (Lipinski definition) is 1. The number of carbonyl (C=O) groups is 1. The Labute approximate surface area is 168 Å². The first-order chi connectivity index (χ1) is 14.3. The van der Waals surface area contributed by atoms with Crippen LogP contribution >= 0.6 is 0 Å². The maximum absolute atomic E-state index is 12.9. The Kier molecular flexibility index (Phi) is 4.85. The van der Waals surface area contributed by atoms with E-state index in [1.54, 1.807) is 0 Å². The fourth-order valence-electron chi connectivity index (χ4n) is 3.92. The molecule has 1 aromatic carbocycles. The van der Waals surface area contributed by atoms with Gasteiger partial charge in [0.1, 0.15) is 6.26 Å². The largest absolute Gasteiger partial charge is 0.448 e. The first-order valence-electron chi connectivity index (χ1n) is 10.1. The highest BCUT2D eigenvalue weighted by Gasteiger charge is 2.25. The lowest BCUT2D eigenvalue weighted by Gasteiger charge is -2.20. The molecule has 1 amide bonds. The summed E-state index contributed by atoms with van der Waals surface area (Å²) in [6.07, 6.45) is 5.36. The van der Waals surface area contributed by atoms with E-state index in [9.17, 15) is 4.79 Å². The smallest absolute Gasteiger partial charge is 0.278 e. The average molecular weight is 393 g/mol. The molecule has 0 aliphatic carbocycles. The van der Waals surface area contributed by atoms with E-state index >= 15 is 0 Å². The van der Waals surface area contributed by atoms with E-state index in [2.05, 4.69) is 20.2 Å². The van der Waals surface area contributed by atoms with Crippen LogP contribution in [0.3, 0.4) is 0 Å². The summed E-state index contributed by atoms with van der Waals surface area (Å²) in [6, 6.07) is 7.68. The third-order valence-electron chi connectivity index (χ3n) is 5.51. The fraction of sp³-hybridized carbons (Fsp3) is 0.429. The van der Waals surface area contributed by atoms with Crippen LogP contribution in [0.25, 0.3) is 11.0 Å². The number of nitrogens with zero attached hydrogens (tertiary/aromatic N) is 4. The van der Waals surface area contributed by atoms with Crippen molar-refractivity contribution in [1.82, 2.24) is 15.0 Å². The first-order valence-corrected chi connectivity index (χ1v) is 10.1. The van der Waals surface area contributed by atoms with E-state index in [0.717, 1.165) is 49.8 Å².